The van der Waals surface area contributed by atoms with Crippen molar-refractivity contribution in [3.63, 3.8) is 0 Å². The third kappa shape index (κ3) is 3.54. The van der Waals surface area contributed by atoms with Gasteiger partial charge in [-0.3, -0.25) is 18.9 Å². The number of nitrogens with zero attached hydrogens (tertiary/aromatic N) is 1. The molecule has 0 aromatic carbocycles. The van der Waals surface area contributed by atoms with Gasteiger partial charge in [0.05, 0.1) is 18.8 Å². The number of hydrogen-bond acceptors (Lipinski definition) is 6. The highest BCUT2D eigenvalue weighted by Crippen LogP contribution is 2.40. The normalized spacial score (nSPS) is 29.0. The van der Waals surface area contributed by atoms with E-state index in [-0.39, 0.29) is 12.0 Å². The fourth-order valence-electron chi connectivity index (χ4n) is 2.57. The van der Waals surface area contributed by atoms with Crippen molar-refractivity contribution in [1.82, 2.24) is 9.55 Å². The molecule has 22 heavy (non-hydrogen) atoms. The number of phosphoric acid groups is 1. The fraction of sp³-hybridized carbons (Fsp3) is 0.636. The van der Waals surface area contributed by atoms with E-state index in [1.165, 1.54) is 13.1 Å². The molecule has 4 atom stereocenters. The van der Waals surface area contributed by atoms with Gasteiger partial charge in [-0.25, -0.2) is 9.36 Å². The van der Waals surface area contributed by atoms with Crippen LogP contribution < -0.4 is 11.2 Å². The van der Waals surface area contributed by atoms with Gasteiger partial charge in [0.15, 0.2) is 0 Å². The molecule has 1 fully saturated rings. The third-order valence-electron chi connectivity index (χ3n) is 3.73. The molecule has 0 spiro atoms. The molecule has 5 N–H and O–H groups in total. The molecule has 0 bridgehead atoms. The van der Waals surface area contributed by atoms with Crippen LogP contribution in [0.25, 0.3) is 0 Å². The number of aryl methyl sites for hydroxylation is 1. The standard InChI is InChI=1S/C11H17N2O8P/c1-5-3-13(11(17)12-10(5)16)7-2-6(8(14)9(7)15)4-21-22(18,19)20/h3,6-9,14-15H,2,4H2,1H3,(H,12,16,17)(H2,18,19,20)/t6-,7-,8-,9+/m1/s1. The summed E-state index contributed by atoms with van der Waals surface area (Å²) in [6.07, 6.45) is -1.30. The molecule has 0 radical (unpaired) electrons. The molecule has 1 aromatic heterocycles. The van der Waals surface area contributed by atoms with Crippen LogP contribution >= 0.6 is 7.82 Å². The minimum atomic E-state index is -4.69. The SMILES string of the molecule is Cc1cn([C@@H]2C[C@H](COP(=O)(O)O)[C@@H](O)[C@H]2O)c(=O)[nH]c1=O. The number of aliphatic hydroxyl groups is 2. The summed E-state index contributed by atoms with van der Waals surface area (Å²) >= 11 is 0. The maximum absolute atomic E-state index is 11.8. The molecule has 2 rings (SSSR count). The van der Waals surface area contributed by atoms with Gasteiger partial charge in [-0.05, 0) is 13.3 Å². The van der Waals surface area contributed by atoms with Crippen LogP contribution in [-0.4, -0.2) is 48.4 Å². The summed E-state index contributed by atoms with van der Waals surface area (Å²) in [6.45, 7) is 1.02. The van der Waals surface area contributed by atoms with E-state index >= 15 is 0 Å². The molecule has 1 aliphatic carbocycles. The number of aromatic nitrogens is 2. The second kappa shape index (κ2) is 6.07. The lowest BCUT2D eigenvalue weighted by Gasteiger charge is -2.19. The maximum Gasteiger partial charge on any atom is 0.469 e. The first-order valence-electron chi connectivity index (χ1n) is 6.48. The highest BCUT2D eigenvalue weighted by Gasteiger charge is 2.43. The first kappa shape index (κ1) is 17.1. The predicted octanol–water partition coefficient (Wildman–Crippen LogP) is -1.76. The Morgan fingerprint density at radius 1 is 1.36 bits per heavy atom. The van der Waals surface area contributed by atoms with E-state index in [4.69, 9.17) is 9.79 Å². The van der Waals surface area contributed by atoms with Gasteiger partial charge in [-0.15, -0.1) is 0 Å². The molecule has 0 unspecified atom stereocenters. The minimum absolute atomic E-state index is 0.0632. The van der Waals surface area contributed by atoms with Crippen LogP contribution in [0.2, 0.25) is 0 Å². The van der Waals surface area contributed by atoms with Gasteiger partial charge in [0, 0.05) is 17.7 Å². The zero-order valence-electron chi connectivity index (χ0n) is 11.6. The van der Waals surface area contributed by atoms with E-state index in [1.54, 1.807) is 0 Å². The summed E-state index contributed by atoms with van der Waals surface area (Å²) in [6, 6.07) is -0.830. The smallest absolute Gasteiger partial charge is 0.390 e. The topological polar surface area (TPSA) is 162 Å². The molecular formula is C11H17N2O8P. The van der Waals surface area contributed by atoms with Gasteiger partial charge in [0.25, 0.3) is 5.56 Å². The van der Waals surface area contributed by atoms with Crippen LogP contribution in [0.5, 0.6) is 0 Å². The lowest BCUT2D eigenvalue weighted by atomic mass is 10.1. The maximum atomic E-state index is 11.8. The van der Waals surface area contributed by atoms with Gasteiger partial charge in [-0.2, -0.15) is 0 Å². The monoisotopic (exact) mass is 336 g/mol. The number of rotatable bonds is 4. The molecule has 11 heteroatoms. The average Bonchev–Trinajstić information content (AvgIpc) is 2.68. The number of phosphoric ester groups is 1. The summed E-state index contributed by atoms with van der Waals surface area (Å²) in [5.41, 5.74) is -1.02. The first-order chi connectivity index (χ1) is 10.1. The van der Waals surface area contributed by atoms with Gasteiger partial charge >= 0.3 is 13.5 Å². The van der Waals surface area contributed by atoms with Gasteiger partial charge in [0.1, 0.15) is 6.10 Å². The summed E-state index contributed by atoms with van der Waals surface area (Å²) in [5, 5.41) is 20.0. The lowest BCUT2D eigenvalue weighted by Crippen LogP contribution is -2.38. The Kier molecular flexibility index (Phi) is 4.71. The summed E-state index contributed by atoms with van der Waals surface area (Å²) < 4.78 is 16.1. The Hall–Kier alpha value is -1.29. The van der Waals surface area contributed by atoms with E-state index in [1.807, 2.05) is 0 Å². The van der Waals surface area contributed by atoms with Gasteiger partial charge < -0.3 is 20.0 Å². The Morgan fingerprint density at radius 3 is 2.59 bits per heavy atom. The zero-order chi connectivity index (χ0) is 16.7. The van der Waals surface area contributed by atoms with Crippen molar-refractivity contribution in [3.8, 4) is 0 Å². The first-order valence-corrected chi connectivity index (χ1v) is 8.01. The number of aliphatic hydroxyl groups excluding tert-OH is 2. The molecule has 1 saturated carbocycles. The molecule has 124 valence electrons. The largest absolute Gasteiger partial charge is 0.469 e. The Labute approximate surface area is 124 Å². The molecule has 10 nitrogen and oxygen atoms in total. The van der Waals surface area contributed by atoms with Crippen molar-refractivity contribution >= 4 is 7.82 Å². The van der Waals surface area contributed by atoms with Crippen LogP contribution in [0.1, 0.15) is 18.0 Å². The Balaban J connectivity index is 2.23. The molecule has 1 heterocycles. The predicted molar refractivity (Wildman–Crippen MR) is 73.2 cm³/mol. The van der Waals surface area contributed by atoms with Crippen LogP contribution in [-0.2, 0) is 9.09 Å². The van der Waals surface area contributed by atoms with Crippen molar-refractivity contribution < 1.29 is 29.1 Å². The highest BCUT2D eigenvalue weighted by atomic mass is 31.2. The molecule has 1 aliphatic rings. The zero-order valence-corrected chi connectivity index (χ0v) is 12.5. The molecular weight excluding hydrogens is 319 g/mol. The van der Waals surface area contributed by atoms with Crippen LogP contribution in [0.3, 0.4) is 0 Å². The van der Waals surface area contributed by atoms with E-state index in [2.05, 4.69) is 9.51 Å². The van der Waals surface area contributed by atoms with E-state index in [0.29, 0.717) is 0 Å². The highest BCUT2D eigenvalue weighted by molar-refractivity contribution is 7.46. The van der Waals surface area contributed by atoms with Crippen molar-refractivity contribution in [2.75, 3.05) is 6.61 Å². The average molecular weight is 336 g/mol. The van der Waals surface area contributed by atoms with Crippen LogP contribution in [0.4, 0.5) is 0 Å². The van der Waals surface area contributed by atoms with Crippen molar-refractivity contribution in [2.24, 2.45) is 5.92 Å². The number of hydrogen-bond donors (Lipinski definition) is 5. The number of H-pyrrole nitrogens is 1. The van der Waals surface area contributed by atoms with Gasteiger partial charge in [-0.1, -0.05) is 0 Å². The van der Waals surface area contributed by atoms with Crippen molar-refractivity contribution in [2.45, 2.75) is 31.6 Å². The minimum Gasteiger partial charge on any atom is -0.390 e. The summed E-state index contributed by atoms with van der Waals surface area (Å²) in [5.74, 6) is -0.758. The van der Waals surface area contributed by atoms with Crippen molar-refractivity contribution in [1.29, 1.82) is 0 Å². The van der Waals surface area contributed by atoms with Crippen molar-refractivity contribution in [3.05, 3.63) is 32.6 Å². The summed E-state index contributed by atoms with van der Waals surface area (Å²) in [7, 11) is -4.69. The molecule has 0 saturated heterocycles. The second-order valence-electron chi connectivity index (χ2n) is 5.31. The third-order valence-corrected chi connectivity index (χ3v) is 4.22. The summed E-state index contributed by atoms with van der Waals surface area (Å²) in [4.78, 5) is 42.6. The molecule has 0 amide bonds. The molecule has 0 aliphatic heterocycles. The second-order valence-corrected chi connectivity index (χ2v) is 6.55. The van der Waals surface area contributed by atoms with Crippen LogP contribution in [0.15, 0.2) is 15.8 Å². The quantitative estimate of drug-likeness (QED) is 0.404. The van der Waals surface area contributed by atoms with Gasteiger partial charge in [0.2, 0.25) is 0 Å². The van der Waals surface area contributed by atoms with Crippen LogP contribution in [0, 0.1) is 12.8 Å². The van der Waals surface area contributed by atoms with E-state index in [0.717, 1.165) is 4.57 Å². The molecule has 1 aromatic rings. The fourth-order valence-corrected chi connectivity index (χ4v) is 2.95. The van der Waals surface area contributed by atoms with E-state index < -0.39 is 49.8 Å². The Bertz CT molecular complexity index is 707. The number of nitrogens with one attached hydrogen (secondary N) is 1. The lowest BCUT2D eigenvalue weighted by molar-refractivity contribution is -0.00461. The number of aromatic amines is 1. The van der Waals surface area contributed by atoms with E-state index in [9.17, 15) is 24.4 Å². The Morgan fingerprint density at radius 2 is 2.00 bits per heavy atom.